The minimum absolute atomic E-state index is 0. The fraction of sp³-hybridized carbons (Fsp3) is 0.471. The maximum atomic E-state index is 14.0. The predicted molar refractivity (Wildman–Crippen MR) is 512 cm³/mol. The lowest BCUT2D eigenvalue weighted by atomic mass is 9.95. The summed E-state index contributed by atoms with van der Waals surface area (Å²) in [5.74, 6) is 0.646. The number of amides is 7. The lowest BCUT2D eigenvalue weighted by Crippen LogP contribution is -2.54. The number of hydrogen-bond donors (Lipinski definition) is 8. The Hall–Kier alpha value is -13.9. The molecule has 4 aliphatic carbocycles. The maximum Gasteiger partial charge on any atom is 0.410 e. The highest BCUT2D eigenvalue weighted by Gasteiger charge is 2.58. The monoisotopic (exact) mass is 1850 g/mol. The number of nitrogens with one attached hydrogen (secondary N) is 7. The molecule has 12 atom stereocenters. The zero-order valence-corrected chi connectivity index (χ0v) is 77.5. The molecule has 4 aliphatic heterocycles. The summed E-state index contributed by atoms with van der Waals surface area (Å²) in [7, 11) is 5.07. The van der Waals surface area contributed by atoms with Gasteiger partial charge in [0.05, 0.1) is 125 Å². The van der Waals surface area contributed by atoms with Gasteiger partial charge in [0.1, 0.15) is 47.0 Å². The first-order valence-corrected chi connectivity index (χ1v) is 46.4. The normalized spacial score (nSPS) is 20.7. The van der Waals surface area contributed by atoms with Crippen LogP contribution in [-0.2, 0) is 47.7 Å². The second-order valence-electron chi connectivity index (χ2n) is 38.9. The van der Waals surface area contributed by atoms with Crippen LogP contribution < -0.4 is 16.0 Å². The number of nitrogens with zero attached hydrogens (tertiary/aromatic N) is 10. The Morgan fingerprint density at radius 3 is 1.22 bits per heavy atom. The van der Waals surface area contributed by atoms with Gasteiger partial charge in [-0.2, -0.15) is 10.5 Å². The average molecular weight is 1850 g/mol. The van der Waals surface area contributed by atoms with E-state index >= 15 is 0 Å². The molecule has 4 saturated heterocycles. The van der Waals surface area contributed by atoms with Gasteiger partial charge in [-0.25, -0.2) is 39.1 Å². The zero-order chi connectivity index (χ0) is 94.8. The number of rotatable bonds is 25. The minimum atomic E-state index is -1.07. The number of aliphatic carboxylic acids is 1. The van der Waals surface area contributed by atoms with Gasteiger partial charge in [-0.3, -0.25) is 28.9 Å². The molecule has 32 heteroatoms. The van der Waals surface area contributed by atoms with Gasteiger partial charge >= 0.3 is 36.3 Å². The smallest absolute Gasteiger partial charge is 0.410 e. The quantitative estimate of drug-likeness (QED) is 0.0195. The third-order valence-electron chi connectivity index (χ3n) is 28.2. The topological polar surface area (TPSA) is 431 Å². The van der Waals surface area contributed by atoms with Gasteiger partial charge in [0, 0.05) is 49.1 Å². The van der Waals surface area contributed by atoms with Crippen molar-refractivity contribution >= 4 is 75.6 Å². The highest BCUT2D eigenvalue weighted by molar-refractivity contribution is 5.94. The number of esters is 1. The highest BCUT2D eigenvalue weighted by Crippen LogP contribution is 2.60. The molecule has 8 fully saturated rings. The van der Waals surface area contributed by atoms with Gasteiger partial charge in [-0.1, -0.05) is 140 Å². The Bertz CT molecular complexity index is 6140. The summed E-state index contributed by atoms with van der Waals surface area (Å²) in [5, 5.41) is 38.7. The number of benzene rings is 6. The number of carboxylic acid groups (broad SMARTS) is 1. The molecule has 4 saturated carbocycles. The second kappa shape index (κ2) is 41.1. The van der Waals surface area contributed by atoms with Crippen molar-refractivity contribution in [3.63, 3.8) is 0 Å². The predicted octanol–water partition coefficient (Wildman–Crippen LogP) is 18.8. The number of carbonyl (C=O) groups is 9. The summed E-state index contributed by atoms with van der Waals surface area (Å²) < 4.78 is 24.5. The first-order valence-electron chi connectivity index (χ1n) is 46.4. The molecule has 32 nitrogen and oxygen atoms in total. The number of piperidine rings is 2. The number of hydrogen-bond acceptors (Lipinski definition) is 20. The number of aromatic amines is 4. The standard InChI is InChI=1S/C48H53N9O6.C46H53N7O5.C8H11NO4.2CH4/c1-27(2)40(55-47(61)63-4)45(59)57-35-16-15-34(22-35)41(57)43-51-24-37(53-43)29-9-7-28(8-10-29)30-11-12-32-21-33(14-13-31(32)20-30)38-25-50-42(52-38)39-23-48(17-18-48)26-56(39)44(58)36(6-5-19-49)54-46(60)62-3;1-26(2)38(51-43(55)57-6)42(54)53-34-16-15-33(21-34)39(53)41-48-23-35(50-41)28-9-7-27(8-10-28)29-11-12-31-20-32(14-13-30(31)19-29)36-24-47-40(49-36)37-22-46(17-18-46)25-52(37)44(56)58-45(3,4)5;1-13-7(10)5-6(8(11)12)3-2-4-9;;/h7-14,20-21,24-25,27,34-36,39-41H,5-6,15-18,22-23,26H2,1-4H3,(H,50,52)(H,51,53)(H,54,60)(H,55,61);7-14,19-20,23-24,26,33-34,37-39H,15-18,21-22,25H2,1-6H3,(H,47,49)(H,48,50)(H,51,55);6H,2-3,5H2,1H3,(H,11,12);2*1H4/t34-,35+,36-,39-,40-,41-;33-,34+,37-,38-,39-;6-;;/m001../s1. The van der Waals surface area contributed by atoms with Gasteiger partial charge in [-0.15, -0.1) is 0 Å². The van der Waals surface area contributed by atoms with Crippen molar-refractivity contribution in [1.29, 1.82) is 10.5 Å². The molecule has 10 aromatic rings. The first kappa shape index (κ1) is 98.1. The number of methoxy groups -OCH3 is 4. The van der Waals surface area contributed by atoms with E-state index in [0.717, 1.165) is 190 Å². The van der Waals surface area contributed by atoms with E-state index in [4.69, 9.17) is 49.3 Å². The Balaban J connectivity index is 0.000000190. The molecule has 4 bridgehead atoms. The number of imidazole rings is 4. The molecule has 2 spiro atoms. The number of fused-ring (bicyclic) bond motifs is 6. The van der Waals surface area contributed by atoms with Crippen LogP contribution >= 0.6 is 0 Å². The van der Waals surface area contributed by atoms with Crippen molar-refractivity contribution in [2.75, 3.05) is 41.5 Å². The molecular weight excluding hydrogens is 1730 g/mol. The molecule has 8 aliphatic rings. The molecule has 6 aromatic carbocycles. The molecule has 7 amide bonds. The van der Waals surface area contributed by atoms with Crippen LogP contribution in [0.2, 0.25) is 0 Å². The van der Waals surface area contributed by atoms with Crippen LogP contribution in [0.5, 0.6) is 0 Å². The third kappa shape index (κ3) is 21.3. The Morgan fingerprint density at radius 1 is 0.471 bits per heavy atom. The second-order valence-corrected chi connectivity index (χ2v) is 38.9. The van der Waals surface area contributed by atoms with Crippen molar-refractivity contribution in [3.8, 4) is 79.4 Å². The van der Waals surface area contributed by atoms with Crippen molar-refractivity contribution in [2.24, 2.45) is 40.4 Å². The lowest BCUT2D eigenvalue weighted by Gasteiger charge is -2.37. The van der Waals surface area contributed by atoms with Crippen LogP contribution in [0.15, 0.2) is 146 Å². The number of carboxylic acids is 1. The van der Waals surface area contributed by atoms with Crippen molar-refractivity contribution in [2.45, 2.75) is 232 Å². The molecule has 0 unspecified atom stereocenters. The highest BCUT2D eigenvalue weighted by atomic mass is 16.6. The average Bonchev–Trinajstić information content (AvgIpc) is 1.60. The van der Waals surface area contributed by atoms with Crippen LogP contribution in [0.1, 0.15) is 220 Å². The number of carbonyl (C=O) groups excluding carboxylic acids is 8. The largest absolute Gasteiger partial charge is 0.481 e. The summed E-state index contributed by atoms with van der Waals surface area (Å²) in [6.45, 7) is 14.7. The van der Waals surface area contributed by atoms with E-state index < -0.39 is 59.9 Å². The van der Waals surface area contributed by atoms with E-state index in [2.05, 4.69) is 168 Å². The molecule has 136 heavy (non-hydrogen) atoms. The molecule has 4 aromatic heterocycles. The number of likely N-dealkylation sites (tertiary alicyclic amines) is 4. The number of alkyl carbamates (subject to hydrolysis) is 3. The number of ether oxygens (including phenoxy) is 5. The molecular formula is C104H125N17O15. The Morgan fingerprint density at radius 2 is 0.831 bits per heavy atom. The Kier molecular flexibility index (Phi) is 29.7. The van der Waals surface area contributed by atoms with Crippen LogP contribution in [-0.4, -0.2) is 196 Å². The summed E-state index contributed by atoms with van der Waals surface area (Å²) in [6, 6.07) is 43.8. The van der Waals surface area contributed by atoms with Gasteiger partial charge in [0.2, 0.25) is 17.7 Å². The van der Waals surface area contributed by atoms with E-state index in [9.17, 15) is 48.4 Å². The summed E-state index contributed by atoms with van der Waals surface area (Å²) in [4.78, 5) is 154. The third-order valence-corrected chi connectivity index (χ3v) is 28.2. The summed E-state index contributed by atoms with van der Waals surface area (Å²) in [5.41, 5.74) is 11.7. The van der Waals surface area contributed by atoms with Gasteiger partial charge in [-0.05, 0) is 224 Å². The van der Waals surface area contributed by atoms with Gasteiger partial charge in [0.25, 0.3) is 0 Å². The van der Waals surface area contributed by atoms with Crippen LogP contribution in [0, 0.1) is 63.1 Å². The zero-order valence-electron chi connectivity index (χ0n) is 77.5. The van der Waals surface area contributed by atoms with Crippen LogP contribution in [0.4, 0.5) is 19.2 Å². The van der Waals surface area contributed by atoms with Gasteiger partial charge < -0.3 is 79.4 Å². The maximum absolute atomic E-state index is 14.0. The van der Waals surface area contributed by atoms with E-state index in [-0.39, 0.29) is 130 Å². The molecule has 0 radical (unpaired) electrons. The number of aromatic nitrogens is 8. The lowest BCUT2D eigenvalue weighted by molar-refractivity contribution is -0.150. The van der Waals surface area contributed by atoms with E-state index in [1.165, 1.54) is 28.4 Å². The van der Waals surface area contributed by atoms with Gasteiger partial charge in [0.15, 0.2) is 0 Å². The van der Waals surface area contributed by atoms with E-state index in [1.807, 2.05) is 98.9 Å². The molecule has 18 rings (SSSR count). The fourth-order valence-corrected chi connectivity index (χ4v) is 20.6. The summed E-state index contributed by atoms with van der Waals surface area (Å²) in [6.07, 6.45) is 17.6. The molecule has 8 heterocycles. The van der Waals surface area contributed by atoms with E-state index in [0.29, 0.717) is 24.2 Å². The number of nitriles is 2. The van der Waals surface area contributed by atoms with Crippen molar-refractivity contribution in [1.82, 2.24) is 75.4 Å². The number of H-pyrrole nitrogens is 4. The Labute approximate surface area is 792 Å². The molecule has 8 N–H and O–H groups in total. The SMILES string of the molecule is C.C.COC(=O)C[C@@H](CCC#N)C(=O)O.COC(=O)N[C@@H](CCC#N)C(=O)N1CC2(CC2)C[C@H]1c1ncc(-c2ccc3cc(-c4ccc(-c5cnc([C@@H]6[C@H]7CC[C@H](C7)N6C(=O)[C@@H](NC(=O)OC)C(C)C)[nH]5)cc4)ccc3c2)[nH]1.COC(=O)N[C@H](C(=O)N1[C@@H]2CC[C@@H](C2)[C@H]1c1ncc(-c2ccc(-c3ccc4cc(-c5cnc([C@@H]6CC7(CC7)CN6C(=O)OC(C)(C)C)[nH]5)ccc4c3)cc2)[nH]1)C(C)C. The first-order chi connectivity index (χ1) is 64.4. The van der Waals surface area contributed by atoms with Crippen LogP contribution in [0.25, 0.3) is 88.8 Å². The molecule has 716 valence electrons. The summed E-state index contributed by atoms with van der Waals surface area (Å²) >= 11 is 0. The van der Waals surface area contributed by atoms with Crippen molar-refractivity contribution in [3.05, 3.63) is 169 Å². The fourth-order valence-electron chi connectivity index (χ4n) is 20.6. The minimum Gasteiger partial charge on any atom is -0.481 e. The van der Waals surface area contributed by atoms with E-state index in [1.54, 1.807) is 0 Å². The van der Waals surface area contributed by atoms with Crippen molar-refractivity contribution < 1.29 is 71.9 Å². The van der Waals surface area contributed by atoms with Crippen LogP contribution in [0.3, 0.4) is 0 Å².